The lowest BCUT2D eigenvalue weighted by atomic mass is 9.74. The summed E-state index contributed by atoms with van der Waals surface area (Å²) in [5, 5.41) is 28.8. The number of rotatable bonds is 2. The number of carbonyl (C=O) groups is 1. The molecule has 0 saturated carbocycles. The van der Waals surface area contributed by atoms with Gasteiger partial charge in [0.05, 0.1) is 12.0 Å². The van der Waals surface area contributed by atoms with E-state index in [1.54, 1.807) is 12.1 Å². The van der Waals surface area contributed by atoms with Crippen LogP contribution in [-0.2, 0) is 11.2 Å². The first kappa shape index (κ1) is 12.3. The molecule has 0 unspecified atom stereocenters. The van der Waals surface area contributed by atoms with Crippen molar-refractivity contribution < 1.29 is 29.6 Å². The van der Waals surface area contributed by atoms with Crippen LogP contribution in [0.3, 0.4) is 0 Å². The fourth-order valence-electron chi connectivity index (χ4n) is 2.79. The summed E-state index contributed by atoms with van der Waals surface area (Å²) in [6, 6.07) is 3.38. The zero-order valence-corrected chi connectivity index (χ0v) is 10.1. The minimum Gasteiger partial charge on any atom is -0.481 e. The summed E-state index contributed by atoms with van der Waals surface area (Å²) in [6.07, 6.45) is -0.742. The quantitative estimate of drug-likeness (QED) is 0.713. The molecule has 102 valence electrons. The molecule has 6 heteroatoms. The van der Waals surface area contributed by atoms with Gasteiger partial charge in [-0.05, 0) is 29.7 Å². The third-order valence-corrected chi connectivity index (χ3v) is 3.84. The molecule has 1 aromatic rings. The third kappa shape index (κ3) is 1.84. The maximum absolute atomic E-state index is 11.2. The highest BCUT2D eigenvalue weighted by Crippen LogP contribution is 2.44. The Morgan fingerprint density at radius 3 is 2.63 bits per heavy atom. The van der Waals surface area contributed by atoms with Gasteiger partial charge in [0.25, 0.3) is 0 Å². The molecular formula is C13H14O6. The standard InChI is InChI=1S/C13H14O6/c14-4-9-8(13(16)17)1-6-2-10-11(19-5-18-10)3-7(6)12(9)15/h2-3,8-9,12,14-15H,1,4-5H2,(H,16,17)/t8-,9+,12-/m1/s1. The summed E-state index contributed by atoms with van der Waals surface area (Å²) in [4.78, 5) is 11.2. The minimum absolute atomic E-state index is 0.125. The Morgan fingerprint density at radius 2 is 2.00 bits per heavy atom. The van der Waals surface area contributed by atoms with E-state index in [0.29, 0.717) is 17.1 Å². The van der Waals surface area contributed by atoms with Crippen molar-refractivity contribution in [2.45, 2.75) is 12.5 Å². The number of aliphatic carboxylic acids is 1. The van der Waals surface area contributed by atoms with Gasteiger partial charge in [-0.15, -0.1) is 0 Å². The lowest BCUT2D eigenvalue weighted by molar-refractivity contribution is -0.147. The maximum Gasteiger partial charge on any atom is 0.307 e. The number of aliphatic hydroxyl groups is 2. The minimum atomic E-state index is -1.01. The molecule has 0 amide bonds. The van der Waals surface area contributed by atoms with Gasteiger partial charge >= 0.3 is 5.97 Å². The predicted octanol–water partition coefficient (Wildman–Crippen LogP) is 0.314. The van der Waals surface area contributed by atoms with Crippen molar-refractivity contribution in [2.75, 3.05) is 13.4 Å². The van der Waals surface area contributed by atoms with Crippen LogP contribution in [0.1, 0.15) is 17.2 Å². The van der Waals surface area contributed by atoms with Crippen LogP contribution in [0, 0.1) is 11.8 Å². The molecule has 1 aromatic carbocycles. The van der Waals surface area contributed by atoms with Crippen molar-refractivity contribution >= 4 is 5.97 Å². The van der Waals surface area contributed by atoms with E-state index in [-0.39, 0.29) is 19.8 Å². The molecule has 0 fully saturated rings. The van der Waals surface area contributed by atoms with Crippen LogP contribution in [0.4, 0.5) is 0 Å². The molecule has 3 N–H and O–H groups in total. The Labute approximate surface area is 109 Å². The number of aliphatic hydroxyl groups excluding tert-OH is 2. The van der Waals surface area contributed by atoms with Gasteiger partial charge in [-0.2, -0.15) is 0 Å². The molecule has 0 bridgehead atoms. The molecule has 0 aromatic heterocycles. The lowest BCUT2D eigenvalue weighted by Gasteiger charge is -2.33. The average molecular weight is 266 g/mol. The van der Waals surface area contributed by atoms with E-state index in [1.807, 2.05) is 0 Å². The molecule has 1 aliphatic heterocycles. The molecule has 1 aliphatic carbocycles. The Kier molecular flexibility index (Phi) is 2.83. The second kappa shape index (κ2) is 4.40. The second-order valence-corrected chi connectivity index (χ2v) is 4.84. The van der Waals surface area contributed by atoms with Crippen LogP contribution in [-0.4, -0.2) is 34.7 Å². The van der Waals surface area contributed by atoms with Gasteiger partial charge < -0.3 is 24.8 Å². The first-order chi connectivity index (χ1) is 9.11. The highest BCUT2D eigenvalue weighted by molar-refractivity contribution is 5.72. The largest absolute Gasteiger partial charge is 0.481 e. The molecule has 0 radical (unpaired) electrons. The zero-order valence-electron chi connectivity index (χ0n) is 10.1. The molecule has 2 aliphatic rings. The van der Waals surface area contributed by atoms with Gasteiger partial charge in [0, 0.05) is 12.5 Å². The zero-order chi connectivity index (χ0) is 13.6. The Balaban J connectivity index is 2.05. The first-order valence-electron chi connectivity index (χ1n) is 6.06. The summed E-state index contributed by atoms with van der Waals surface area (Å²) in [5.41, 5.74) is 1.34. The Morgan fingerprint density at radius 1 is 1.32 bits per heavy atom. The number of hydrogen-bond donors (Lipinski definition) is 3. The fraction of sp³-hybridized carbons (Fsp3) is 0.462. The second-order valence-electron chi connectivity index (χ2n) is 4.84. The van der Waals surface area contributed by atoms with E-state index in [9.17, 15) is 20.1 Å². The highest BCUT2D eigenvalue weighted by Gasteiger charge is 2.40. The average Bonchev–Trinajstić information content (AvgIpc) is 2.83. The van der Waals surface area contributed by atoms with Crippen LogP contribution in [0.2, 0.25) is 0 Å². The Hall–Kier alpha value is -1.79. The van der Waals surface area contributed by atoms with Crippen molar-refractivity contribution in [2.24, 2.45) is 11.8 Å². The van der Waals surface area contributed by atoms with Crippen molar-refractivity contribution in [1.82, 2.24) is 0 Å². The van der Waals surface area contributed by atoms with Crippen LogP contribution in [0.15, 0.2) is 12.1 Å². The van der Waals surface area contributed by atoms with Crippen LogP contribution in [0.25, 0.3) is 0 Å². The molecular weight excluding hydrogens is 252 g/mol. The number of carboxylic acid groups (broad SMARTS) is 1. The smallest absolute Gasteiger partial charge is 0.307 e. The van der Waals surface area contributed by atoms with Gasteiger partial charge in [-0.3, -0.25) is 4.79 Å². The SMILES string of the molecule is O=C(O)[C@@H]1Cc2cc3c(cc2[C@@H](O)[C@H]1CO)OCO3. The normalized spacial score (nSPS) is 28.0. The van der Waals surface area contributed by atoms with Crippen LogP contribution >= 0.6 is 0 Å². The summed E-state index contributed by atoms with van der Waals surface area (Å²) in [7, 11) is 0. The molecule has 3 rings (SSSR count). The highest BCUT2D eigenvalue weighted by atomic mass is 16.7. The first-order valence-corrected chi connectivity index (χ1v) is 6.06. The van der Waals surface area contributed by atoms with Gasteiger partial charge in [-0.25, -0.2) is 0 Å². The van der Waals surface area contributed by atoms with E-state index >= 15 is 0 Å². The third-order valence-electron chi connectivity index (χ3n) is 3.84. The van der Waals surface area contributed by atoms with E-state index in [4.69, 9.17) is 9.47 Å². The predicted molar refractivity (Wildman–Crippen MR) is 62.9 cm³/mol. The van der Waals surface area contributed by atoms with Gasteiger partial charge in [0.2, 0.25) is 6.79 Å². The summed E-state index contributed by atoms with van der Waals surface area (Å²) in [6.45, 7) is -0.244. The van der Waals surface area contributed by atoms with E-state index in [2.05, 4.69) is 0 Å². The van der Waals surface area contributed by atoms with Crippen LogP contribution < -0.4 is 9.47 Å². The van der Waals surface area contributed by atoms with Crippen molar-refractivity contribution in [3.8, 4) is 11.5 Å². The molecule has 0 saturated heterocycles. The molecule has 6 nitrogen and oxygen atoms in total. The fourth-order valence-corrected chi connectivity index (χ4v) is 2.79. The number of fused-ring (bicyclic) bond motifs is 2. The summed E-state index contributed by atoms with van der Waals surface area (Å²) in [5.74, 6) is -1.40. The molecule has 3 atom stereocenters. The van der Waals surface area contributed by atoms with Crippen LogP contribution in [0.5, 0.6) is 11.5 Å². The van der Waals surface area contributed by atoms with Gasteiger partial charge in [-0.1, -0.05) is 0 Å². The van der Waals surface area contributed by atoms with Crippen molar-refractivity contribution in [1.29, 1.82) is 0 Å². The molecule has 19 heavy (non-hydrogen) atoms. The van der Waals surface area contributed by atoms with E-state index < -0.39 is 23.9 Å². The number of hydrogen-bond acceptors (Lipinski definition) is 5. The summed E-state index contributed by atoms with van der Waals surface area (Å²) < 4.78 is 10.5. The van der Waals surface area contributed by atoms with Crippen molar-refractivity contribution in [3.63, 3.8) is 0 Å². The van der Waals surface area contributed by atoms with Gasteiger partial charge in [0.15, 0.2) is 11.5 Å². The monoisotopic (exact) mass is 266 g/mol. The number of benzene rings is 1. The Bertz CT molecular complexity index is 526. The van der Waals surface area contributed by atoms with E-state index in [1.165, 1.54) is 0 Å². The summed E-state index contributed by atoms with van der Waals surface area (Å²) >= 11 is 0. The van der Waals surface area contributed by atoms with Crippen molar-refractivity contribution in [3.05, 3.63) is 23.3 Å². The maximum atomic E-state index is 11.2. The van der Waals surface area contributed by atoms with E-state index in [0.717, 1.165) is 5.56 Å². The molecule has 1 heterocycles. The van der Waals surface area contributed by atoms with Gasteiger partial charge in [0.1, 0.15) is 0 Å². The number of carboxylic acids is 1. The lowest BCUT2D eigenvalue weighted by Crippen LogP contribution is -2.36. The molecule has 0 spiro atoms. The topological polar surface area (TPSA) is 96.2 Å². The number of ether oxygens (including phenoxy) is 2.